The quantitative estimate of drug-likeness (QED) is 0.477. The lowest BCUT2D eigenvalue weighted by atomic mass is 9.93. The van der Waals surface area contributed by atoms with Gasteiger partial charge in [-0.1, -0.05) is 44.0 Å². The minimum atomic E-state index is -0.964. The number of rotatable bonds is 10. The molecule has 8 heteroatoms. The fourth-order valence-corrected chi connectivity index (χ4v) is 3.64. The highest BCUT2D eigenvalue weighted by Crippen LogP contribution is 2.28. The van der Waals surface area contributed by atoms with Gasteiger partial charge < -0.3 is 25.4 Å². The van der Waals surface area contributed by atoms with Crippen molar-refractivity contribution in [2.75, 3.05) is 13.2 Å². The van der Waals surface area contributed by atoms with Crippen LogP contribution in [0, 0.1) is 19.8 Å². The number of hydrogen-bond donors (Lipinski definition) is 3. The number of carbonyl (C=O) groups is 3. The van der Waals surface area contributed by atoms with Crippen molar-refractivity contribution in [2.24, 2.45) is 5.92 Å². The number of carbonyl (C=O) groups excluding carboxylic acids is 3. The summed E-state index contributed by atoms with van der Waals surface area (Å²) in [4.78, 5) is 41.2. The van der Waals surface area contributed by atoms with Gasteiger partial charge in [-0.05, 0) is 65.5 Å². The van der Waals surface area contributed by atoms with E-state index in [4.69, 9.17) is 4.74 Å². The van der Waals surface area contributed by atoms with E-state index < -0.39 is 29.7 Å². The summed E-state index contributed by atoms with van der Waals surface area (Å²) in [5.74, 6) is -1.02. The van der Waals surface area contributed by atoms with E-state index in [1.54, 1.807) is 20.8 Å². The summed E-state index contributed by atoms with van der Waals surface area (Å²) in [6.07, 6.45) is -0.0871. The van der Waals surface area contributed by atoms with Gasteiger partial charge in [0.25, 0.3) is 0 Å². The van der Waals surface area contributed by atoms with Crippen LogP contribution in [0.4, 0.5) is 4.79 Å². The Labute approximate surface area is 204 Å². The van der Waals surface area contributed by atoms with Crippen molar-refractivity contribution < 1.29 is 24.2 Å². The van der Waals surface area contributed by atoms with Gasteiger partial charge in [-0.15, -0.1) is 0 Å². The van der Waals surface area contributed by atoms with E-state index in [-0.39, 0.29) is 31.0 Å². The first-order valence-electron chi connectivity index (χ1n) is 12.0. The number of hydrogen-bond acceptors (Lipinski definition) is 5. The summed E-state index contributed by atoms with van der Waals surface area (Å²) in [5, 5.41) is 15.5. The number of benzene rings is 1. The molecule has 0 bridgehead atoms. The Kier molecular flexibility index (Phi) is 11.0. The highest BCUT2D eigenvalue weighted by atomic mass is 16.6. The van der Waals surface area contributed by atoms with Crippen molar-refractivity contribution in [1.82, 2.24) is 15.5 Å². The van der Waals surface area contributed by atoms with Crippen molar-refractivity contribution in [3.8, 4) is 0 Å². The van der Waals surface area contributed by atoms with Gasteiger partial charge in [0, 0.05) is 12.6 Å². The standard InChI is InChI=1S/C26H43N3O5/c1-10-18(5)21(28-25(33)34-26(7,8)9)24(32)29(13-14-30)22(23(31)27-16(2)3)20-15-17(4)11-12-19(20)6/h11-12,15-16,18,21-22,30H,10,13-14H2,1-9H3,(H,27,31)(H,28,33). The van der Waals surface area contributed by atoms with Crippen LogP contribution < -0.4 is 10.6 Å². The van der Waals surface area contributed by atoms with E-state index in [2.05, 4.69) is 10.6 Å². The monoisotopic (exact) mass is 477 g/mol. The minimum Gasteiger partial charge on any atom is -0.444 e. The molecule has 0 saturated heterocycles. The topological polar surface area (TPSA) is 108 Å². The maximum atomic E-state index is 13.9. The van der Waals surface area contributed by atoms with E-state index >= 15 is 0 Å². The van der Waals surface area contributed by atoms with E-state index in [9.17, 15) is 19.5 Å². The molecule has 0 aromatic heterocycles. The summed E-state index contributed by atoms with van der Waals surface area (Å²) in [6.45, 7) is 16.1. The fourth-order valence-electron chi connectivity index (χ4n) is 3.64. The lowest BCUT2D eigenvalue weighted by Gasteiger charge is -2.36. The Bertz CT molecular complexity index is 847. The van der Waals surface area contributed by atoms with E-state index in [0.717, 1.165) is 11.1 Å². The molecule has 0 aliphatic carbocycles. The molecule has 3 unspecified atom stereocenters. The molecular weight excluding hydrogens is 434 g/mol. The first kappa shape index (κ1) is 29.4. The predicted octanol–water partition coefficient (Wildman–Crippen LogP) is 3.63. The Hall–Kier alpha value is -2.61. The number of ether oxygens (including phenoxy) is 1. The largest absolute Gasteiger partial charge is 0.444 e. The summed E-state index contributed by atoms with van der Waals surface area (Å²) in [7, 11) is 0. The van der Waals surface area contributed by atoms with Gasteiger partial charge in [0.05, 0.1) is 6.61 Å². The molecule has 1 aromatic rings. The molecule has 1 aromatic carbocycles. The van der Waals surface area contributed by atoms with Crippen LogP contribution in [0.5, 0.6) is 0 Å². The van der Waals surface area contributed by atoms with Crippen molar-refractivity contribution >= 4 is 17.9 Å². The highest BCUT2D eigenvalue weighted by molar-refractivity contribution is 5.92. The molecule has 0 saturated carbocycles. The second-order valence-electron chi connectivity index (χ2n) is 10.2. The Morgan fingerprint density at radius 3 is 2.21 bits per heavy atom. The maximum absolute atomic E-state index is 13.9. The molecule has 0 aliphatic heterocycles. The Morgan fingerprint density at radius 2 is 1.71 bits per heavy atom. The van der Waals surface area contributed by atoms with Crippen LogP contribution in [0.15, 0.2) is 18.2 Å². The van der Waals surface area contributed by atoms with E-state index in [1.807, 2.05) is 59.7 Å². The van der Waals surface area contributed by atoms with Crippen molar-refractivity contribution in [3.63, 3.8) is 0 Å². The molecule has 0 fully saturated rings. The average Bonchev–Trinajstić information content (AvgIpc) is 2.71. The molecule has 3 atom stereocenters. The summed E-state index contributed by atoms with van der Waals surface area (Å²) in [6, 6.07) is 3.71. The molecule has 1 rings (SSSR count). The number of alkyl carbamates (subject to hydrolysis) is 1. The zero-order chi connectivity index (χ0) is 26.2. The second-order valence-corrected chi connectivity index (χ2v) is 10.2. The molecule has 0 spiro atoms. The molecule has 3 N–H and O–H groups in total. The number of nitrogens with one attached hydrogen (secondary N) is 2. The zero-order valence-corrected chi connectivity index (χ0v) is 22.2. The highest BCUT2D eigenvalue weighted by Gasteiger charge is 2.38. The first-order chi connectivity index (χ1) is 15.7. The molecule has 3 amide bonds. The van der Waals surface area contributed by atoms with Crippen LogP contribution in [-0.4, -0.2) is 58.8 Å². The van der Waals surface area contributed by atoms with Crippen LogP contribution in [0.1, 0.15) is 77.6 Å². The SMILES string of the molecule is CCC(C)C(NC(=O)OC(C)(C)C)C(=O)N(CCO)C(C(=O)NC(C)C)c1cc(C)ccc1C. The van der Waals surface area contributed by atoms with Crippen LogP contribution >= 0.6 is 0 Å². The van der Waals surface area contributed by atoms with Crippen LogP contribution in [0.2, 0.25) is 0 Å². The second kappa shape index (κ2) is 12.7. The van der Waals surface area contributed by atoms with Gasteiger partial charge in [-0.25, -0.2) is 4.79 Å². The number of amides is 3. The third-order valence-corrected chi connectivity index (χ3v) is 5.50. The summed E-state index contributed by atoms with van der Waals surface area (Å²) >= 11 is 0. The van der Waals surface area contributed by atoms with E-state index in [1.165, 1.54) is 4.90 Å². The van der Waals surface area contributed by atoms with Crippen LogP contribution in [0.3, 0.4) is 0 Å². The Balaban J connectivity index is 3.53. The van der Waals surface area contributed by atoms with Gasteiger partial charge >= 0.3 is 6.09 Å². The zero-order valence-electron chi connectivity index (χ0n) is 22.2. The van der Waals surface area contributed by atoms with E-state index in [0.29, 0.717) is 12.0 Å². The lowest BCUT2D eigenvalue weighted by molar-refractivity contribution is -0.144. The third-order valence-electron chi connectivity index (χ3n) is 5.50. The fraction of sp³-hybridized carbons (Fsp3) is 0.654. The number of aryl methyl sites for hydroxylation is 2. The molecule has 34 heavy (non-hydrogen) atoms. The minimum absolute atomic E-state index is 0.0642. The Morgan fingerprint density at radius 1 is 1.09 bits per heavy atom. The maximum Gasteiger partial charge on any atom is 0.408 e. The number of nitrogens with zero attached hydrogens (tertiary/aromatic N) is 1. The number of aliphatic hydroxyl groups excluding tert-OH is 1. The van der Waals surface area contributed by atoms with Gasteiger partial charge in [0.1, 0.15) is 17.7 Å². The van der Waals surface area contributed by atoms with Crippen molar-refractivity contribution in [2.45, 2.75) is 92.5 Å². The first-order valence-corrected chi connectivity index (χ1v) is 12.0. The summed E-state index contributed by atoms with van der Waals surface area (Å²) < 4.78 is 5.38. The molecule has 0 radical (unpaired) electrons. The van der Waals surface area contributed by atoms with Crippen molar-refractivity contribution in [3.05, 3.63) is 34.9 Å². The molecule has 192 valence electrons. The normalized spacial score (nSPS) is 14.2. The van der Waals surface area contributed by atoms with Gasteiger partial charge in [0.2, 0.25) is 11.8 Å². The van der Waals surface area contributed by atoms with Gasteiger partial charge in [-0.2, -0.15) is 0 Å². The van der Waals surface area contributed by atoms with Crippen LogP contribution in [-0.2, 0) is 14.3 Å². The smallest absolute Gasteiger partial charge is 0.408 e. The number of aliphatic hydroxyl groups is 1. The predicted molar refractivity (Wildman–Crippen MR) is 133 cm³/mol. The third kappa shape index (κ3) is 8.63. The molecule has 0 heterocycles. The van der Waals surface area contributed by atoms with Crippen LogP contribution in [0.25, 0.3) is 0 Å². The molecular formula is C26H43N3O5. The van der Waals surface area contributed by atoms with Gasteiger partial charge in [0.15, 0.2) is 0 Å². The van der Waals surface area contributed by atoms with Gasteiger partial charge in [-0.3, -0.25) is 9.59 Å². The molecule has 0 aliphatic rings. The summed E-state index contributed by atoms with van der Waals surface area (Å²) in [5.41, 5.74) is 1.76. The van der Waals surface area contributed by atoms with Crippen molar-refractivity contribution in [1.29, 1.82) is 0 Å². The molecule has 8 nitrogen and oxygen atoms in total. The average molecular weight is 478 g/mol. The lowest BCUT2D eigenvalue weighted by Crippen LogP contribution is -2.56.